The lowest BCUT2D eigenvalue weighted by atomic mass is 9.62. The van der Waals surface area contributed by atoms with Crippen LogP contribution in [0.15, 0.2) is 41.5 Å². The number of carboxylic acids is 1. The lowest BCUT2D eigenvalue weighted by Crippen LogP contribution is -2.42. The molecular weight excluding hydrogens is 400 g/mol. The number of Topliss-reactive ketones (excluding diaryl/α,β-unsaturated/α-hetero) is 1. The molecule has 2 aromatic rings. The summed E-state index contributed by atoms with van der Waals surface area (Å²) in [7, 11) is 0. The number of hydrogen-bond donors (Lipinski definition) is 1. The summed E-state index contributed by atoms with van der Waals surface area (Å²) in [6.45, 7) is 9.92. The molecule has 0 fully saturated rings. The van der Waals surface area contributed by atoms with Crippen molar-refractivity contribution in [3.8, 4) is 0 Å². The van der Waals surface area contributed by atoms with Gasteiger partial charge < -0.3 is 5.11 Å². The number of ketones is 1. The maximum atomic E-state index is 12.9. The predicted molar refractivity (Wildman–Crippen MR) is 128 cm³/mol. The SMILES string of the molecule is CC1(C)CC(=O)C(C)(C)c2cc(CN3CCC=N3)c(/C=C/c3ccc(C(=O)O)cc3)cc21. The van der Waals surface area contributed by atoms with Crippen LogP contribution in [0, 0.1) is 0 Å². The van der Waals surface area contributed by atoms with Crippen LogP contribution in [0.4, 0.5) is 0 Å². The Labute approximate surface area is 189 Å². The van der Waals surface area contributed by atoms with Crippen molar-refractivity contribution in [2.24, 2.45) is 5.10 Å². The van der Waals surface area contributed by atoms with Crippen molar-refractivity contribution >= 4 is 30.1 Å². The van der Waals surface area contributed by atoms with Crippen LogP contribution in [0.5, 0.6) is 0 Å². The molecular formula is C27H30N2O3. The van der Waals surface area contributed by atoms with Crippen LogP contribution < -0.4 is 0 Å². The molecule has 0 spiro atoms. The molecule has 1 aliphatic heterocycles. The van der Waals surface area contributed by atoms with Gasteiger partial charge in [0.25, 0.3) is 0 Å². The molecule has 2 aliphatic rings. The van der Waals surface area contributed by atoms with Crippen LogP contribution in [0.2, 0.25) is 0 Å². The Morgan fingerprint density at radius 3 is 2.44 bits per heavy atom. The Kier molecular flexibility index (Phi) is 5.53. The maximum Gasteiger partial charge on any atom is 0.335 e. The summed E-state index contributed by atoms with van der Waals surface area (Å²) in [6.07, 6.45) is 7.51. The quantitative estimate of drug-likeness (QED) is 0.656. The fourth-order valence-electron chi connectivity index (χ4n) is 4.58. The highest BCUT2D eigenvalue weighted by Crippen LogP contribution is 2.45. The summed E-state index contributed by atoms with van der Waals surface area (Å²) in [5.41, 5.74) is 5.05. The molecule has 0 aromatic heterocycles. The number of nitrogens with zero attached hydrogens (tertiary/aromatic N) is 2. The van der Waals surface area contributed by atoms with Gasteiger partial charge in [-0.1, -0.05) is 50.3 Å². The molecule has 32 heavy (non-hydrogen) atoms. The van der Waals surface area contributed by atoms with E-state index in [4.69, 9.17) is 5.11 Å². The molecule has 0 saturated heterocycles. The molecule has 0 atom stereocenters. The lowest BCUT2D eigenvalue weighted by Gasteiger charge is -2.41. The summed E-state index contributed by atoms with van der Waals surface area (Å²) in [5, 5.41) is 15.6. The minimum Gasteiger partial charge on any atom is -0.478 e. The van der Waals surface area contributed by atoms with Gasteiger partial charge in [-0.25, -0.2) is 4.79 Å². The molecule has 1 N–H and O–H groups in total. The van der Waals surface area contributed by atoms with Crippen molar-refractivity contribution < 1.29 is 14.7 Å². The first kappa shape index (κ1) is 22.0. The standard InChI is InChI=1S/C27H30N2O3/c1-26(2)16-24(30)27(3,4)23-15-21(17-29-13-5-12-28-29)20(14-22(23)26)11-8-18-6-9-19(10-7-18)25(31)32/h6-12,14-15H,5,13,16-17H2,1-4H3,(H,31,32)/b11-8+. The third-order valence-electron chi connectivity index (χ3n) is 6.71. The molecule has 0 amide bonds. The second-order valence-electron chi connectivity index (χ2n) is 9.94. The van der Waals surface area contributed by atoms with E-state index in [9.17, 15) is 9.59 Å². The second-order valence-corrected chi connectivity index (χ2v) is 9.94. The summed E-state index contributed by atoms with van der Waals surface area (Å²) in [6, 6.07) is 11.3. The third-order valence-corrected chi connectivity index (χ3v) is 6.71. The molecule has 0 bridgehead atoms. The number of carbonyl (C=O) groups excluding carboxylic acids is 1. The highest BCUT2D eigenvalue weighted by molar-refractivity contribution is 5.93. The monoisotopic (exact) mass is 430 g/mol. The number of aromatic carboxylic acids is 1. The number of carbonyl (C=O) groups is 2. The van der Waals surface area contributed by atoms with E-state index in [2.05, 4.69) is 42.2 Å². The van der Waals surface area contributed by atoms with E-state index < -0.39 is 11.4 Å². The Morgan fingerprint density at radius 1 is 1.09 bits per heavy atom. The van der Waals surface area contributed by atoms with Gasteiger partial charge in [0.05, 0.1) is 12.1 Å². The van der Waals surface area contributed by atoms with Crippen molar-refractivity contribution in [3.05, 3.63) is 69.8 Å². The average molecular weight is 431 g/mol. The normalized spacial score (nSPS) is 18.9. The fraction of sp³-hybridized carbons (Fsp3) is 0.370. The third kappa shape index (κ3) is 4.12. The highest BCUT2D eigenvalue weighted by atomic mass is 16.4. The molecule has 4 rings (SSSR count). The van der Waals surface area contributed by atoms with E-state index in [1.165, 1.54) is 5.56 Å². The van der Waals surface area contributed by atoms with Crippen molar-refractivity contribution in [1.82, 2.24) is 5.01 Å². The van der Waals surface area contributed by atoms with E-state index in [0.29, 0.717) is 13.0 Å². The summed E-state index contributed by atoms with van der Waals surface area (Å²) in [5.74, 6) is -0.648. The topological polar surface area (TPSA) is 70.0 Å². The summed E-state index contributed by atoms with van der Waals surface area (Å²) >= 11 is 0. The van der Waals surface area contributed by atoms with Gasteiger partial charge in [0.15, 0.2) is 0 Å². The second kappa shape index (κ2) is 8.05. The van der Waals surface area contributed by atoms with Crippen LogP contribution in [-0.2, 0) is 22.2 Å². The van der Waals surface area contributed by atoms with Crippen molar-refractivity contribution in [3.63, 3.8) is 0 Å². The summed E-state index contributed by atoms with van der Waals surface area (Å²) < 4.78 is 0. The smallest absolute Gasteiger partial charge is 0.335 e. The molecule has 166 valence electrons. The van der Waals surface area contributed by atoms with E-state index >= 15 is 0 Å². The zero-order chi connectivity index (χ0) is 23.1. The number of hydrogen-bond acceptors (Lipinski definition) is 4. The number of hydrazone groups is 1. The van der Waals surface area contributed by atoms with Gasteiger partial charge in [-0.05, 0) is 59.2 Å². The van der Waals surface area contributed by atoms with Crippen LogP contribution >= 0.6 is 0 Å². The number of fused-ring (bicyclic) bond motifs is 1. The Bertz CT molecular complexity index is 1120. The first-order chi connectivity index (χ1) is 15.1. The van der Waals surface area contributed by atoms with Gasteiger partial charge in [0, 0.05) is 31.0 Å². The zero-order valence-electron chi connectivity index (χ0n) is 19.2. The van der Waals surface area contributed by atoms with E-state index in [1.54, 1.807) is 12.1 Å². The fourth-order valence-corrected chi connectivity index (χ4v) is 4.58. The predicted octanol–water partition coefficient (Wildman–Crippen LogP) is 5.27. The average Bonchev–Trinajstić information content (AvgIpc) is 3.24. The molecule has 2 aromatic carbocycles. The van der Waals surface area contributed by atoms with Crippen LogP contribution in [-0.4, -0.2) is 34.6 Å². The van der Waals surface area contributed by atoms with E-state index in [-0.39, 0.29) is 16.8 Å². The van der Waals surface area contributed by atoms with Gasteiger partial charge in [0.2, 0.25) is 0 Å². The molecule has 0 saturated carbocycles. The van der Waals surface area contributed by atoms with Crippen LogP contribution in [0.1, 0.15) is 78.7 Å². The van der Waals surface area contributed by atoms with Gasteiger partial charge in [0.1, 0.15) is 5.78 Å². The first-order valence-electron chi connectivity index (χ1n) is 11.1. The minimum absolute atomic E-state index is 0.224. The van der Waals surface area contributed by atoms with Crippen LogP contribution in [0.25, 0.3) is 12.2 Å². The molecule has 0 radical (unpaired) electrons. The maximum absolute atomic E-state index is 12.9. The lowest BCUT2D eigenvalue weighted by molar-refractivity contribution is -0.125. The molecule has 5 nitrogen and oxygen atoms in total. The Hall–Kier alpha value is -3.21. The van der Waals surface area contributed by atoms with Gasteiger partial charge >= 0.3 is 5.97 Å². The van der Waals surface area contributed by atoms with E-state index in [1.807, 2.05) is 38.3 Å². The highest BCUT2D eigenvalue weighted by Gasteiger charge is 2.43. The number of carboxylic acid groups (broad SMARTS) is 1. The minimum atomic E-state index is -0.928. The Morgan fingerprint density at radius 2 is 1.81 bits per heavy atom. The Balaban J connectivity index is 1.78. The van der Waals surface area contributed by atoms with Crippen LogP contribution in [0.3, 0.4) is 0 Å². The molecule has 0 unspecified atom stereocenters. The van der Waals surface area contributed by atoms with Gasteiger partial charge in [-0.3, -0.25) is 9.80 Å². The molecule has 1 heterocycles. The summed E-state index contributed by atoms with van der Waals surface area (Å²) in [4.78, 5) is 24.0. The molecule has 5 heteroatoms. The van der Waals surface area contributed by atoms with Crippen molar-refractivity contribution in [2.45, 2.75) is 57.9 Å². The van der Waals surface area contributed by atoms with Gasteiger partial charge in [-0.2, -0.15) is 5.10 Å². The van der Waals surface area contributed by atoms with Crippen molar-refractivity contribution in [1.29, 1.82) is 0 Å². The first-order valence-corrected chi connectivity index (χ1v) is 11.1. The van der Waals surface area contributed by atoms with Gasteiger partial charge in [-0.15, -0.1) is 0 Å². The zero-order valence-corrected chi connectivity index (χ0v) is 19.2. The van der Waals surface area contributed by atoms with Crippen molar-refractivity contribution in [2.75, 3.05) is 6.54 Å². The van der Waals surface area contributed by atoms with E-state index in [0.717, 1.165) is 35.2 Å². The molecule has 1 aliphatic carbocycles. The number of rotatable bonds is 5. The number of benzene rings is 2. The largest absolute Gasteiger partial charge is 0.478 e.